The number of hydrogen-bond donors (Lipinski definition) is 3. The van der Waals surface area contributed by atoms with Gasteiger partial charge in [0.1, 0.15) is 11.2 Å². The number of hydrogen-bond acceptors (Lipinski definition) is 6. The Balaban J connectivity index is 0.000000325. The summed E-state index contributed by atoms with van der Waals surface area (Å²) in [6, 6.07) is 12.1. The molecule has 2 saturated carbocycles. The molecule has 1 heterocycles. The van der Waals surface area contributed by atoms with Crippen LogP contribution < -0.4 is 10.5 Å². The molecule has 3 aromatic rings. The minimum Gasteiger partial charge on any atom is -0.475 e. The Hall–Kier alpha value is -3.12. The summed E-state index contributed by atoms with van der Waals surface area (Å²) in [6.45, 7) is 0. The van der Waals surface area contributed by atoms with Crippen molar-refractivity contribution in [2.45, 2.75) is 35.9 Å². The van der Waals surface area contributed by atoms with Crippen LogP contribution in [0.25, 0.3) is 21.9 Å². The van der Waals surface area contributed by atoms with Crippen molar-refractivity contribution >= 4 is 43.8 Å². The zero-order valence-electron chi connectivity index (χ0n) is 16.9. The van der Waals surface area contributed by atoms with Gasteiger partial charge in [-0.15, -0.1) is 0 Å². The molecule has 0 aliphatic heterocycles. The second-order valence-electron chi connectivity index (χ2n) is 8.18. The molecule has 2 aliphatic rings. The number of furan rings is 1. The van der Waals surface area contributed by atoms with Crippen molar-refractivity contribution in [2.24, 2.45) is 17.6 Å². The van der Waals surface area contributed by atoms with E-state index in [1.807, 2.05) is 24.3 Å². The predicted molar refractivity (Wildman–Crippen MR) is 110 cm³/mol. The molecule has 0 bridgehead atoms. The SMILES string of the molecule is NC1(C(=O)NS(=O)(=O)c2ccc3c(c2)oc2ccccc23)CCC2CC21.O=C(O)C(F)(F)F. The molecule has 0 saturated heterocycles. The summed E-state index contributed by atoms with van der Waals surface area (Å²) in [4.78, 5) is 21.4. The predicted octanol–water partition coefficient (Wildman–Crippen LogP) is 3.15. The van der Waals surface area contributed by atoms with E-state index in [0.29, 0.717) is 23.5 Å². The van der Waals surface area contributed by atoms with Gasteiger partial charge in [0, 0.05) is 16.8 Å². The largest absolute Gasteiger partial charge is 0.490 e. The van der Waals surface area contributed by atoms with Crippen molar-refractivity contribution < 1.29 is 40.7 Å². The molecule has 1 aromatic heterocycles. The second kappa shape index (κ2) is 7.73. The third-order valence-corrected chi connectivity index (χ3v) is 7.39. The maximum Gasteiger partial charge on any atom is 0.490 e. The van der Waals surface area contributed by atoms with E-state index in [9.17, 15) is 26.4 Å². The Morgan fingerprint density at radius 2 is 1.76 bits per heavy atom. The molecule has 12 heteroatoms. The van der Waals surface area contributed by atoms with Gasteiger partial charge in [-0.25, -0.2) is 17.9 Å². The van der Waals surface area contributed by atoms with Crippen molar-refractivity contribution in [2.75, 3.05) is 0 Å². The van der Waals surface area contributed by atoms with Gasteiger partial charge in [0.15, 0.2) is 0 Å². The number of halogens is 3. The Kier molecular flexibility index (Phi) is 5.40. The lowest BCUT2D eigenvalue weighted by atomic mass is 9.94. The first-order valence-corrected chi connectivity index (χ1v) is 11.4. The average molecular weight is 484 g/mol. The molecule has 176 valence electrons. The van der Waals surface area contributed by atoms with Crippen LogP contribution in [0, 0.1) is 11.8 Å². The van der Waals surface area contributed by atoms with Gasteiger partial charge in [-0.2, -0.15) is 13.2 Å². The summed E-state index contributed by atoms with van der Waals surface area (Å²) in [6.07, 6.45) is -2.75. The first-order valence-electron chi connectivity index (χ1n) is 9.90. The molecule has 2 aromatic carbocycles. The third-order valence-electron chi connectivity index (χ3n) is 6.07. The number of benzene rings is 2. The average Bonchev–Trinajstić information content (AvgIpc) is 3.33. The van der Waals surface area contributed by atoms with Gasteiger partial charge in [-0.1, -0.05) is 18.2 Å². The number of nitrogens with two attached hydrogens (primary N) is 1. The molecule has 3 atom stereocenters. The number of aliphatic carboxylic acids is 1. The van der Waals surface area contributed by atoms with E-state index >= 15 is 0 Å². The van der Waals surface area contributed by atoms with E-state index < -0.39 is 33.6 Å². The first-order chi connectivity index (χ1) is 15.3. The highest BCUT2D eigenvalue weighted by Gasteiger charge is 2.60. The van der Waals surface area contributed by atoms with Crippen LogP contribution in [-0.4, -0.2) is 37.1 Å². The molecule has 8 nitrogen and oxygen atoms in total. The summed E-state index contributed by atoms with van der Waals surface area (Å²) in [5.74, 6) is -2.78. The molecule has 1 amide bonds. The lowest BCUT2D eigenvalue weighted by molar-refractivity contribution is -0.192. The van der Waals surface area contributed by atoms with Crippen molar-refractivity contribution in [3.63, 3.8) is 0 Å². The van der Waals surface area contributed by atoms with E-state index in [1.54, 1.807) is 6.07 Å². The molecule has 3 unspecified atom stereocenters. The number of amides is 1. The molecule has 2 fully saturated rings. The van der Waals surface area contributed by atoms with Gasteiger partial charge in [-0.3, -0.25) is 4.79 Å². The Morgan fingerprint density at radius 3 is 2.33 bits per heavy atom. The van der Waals surface area contributed by atoms with E-state index in [-0.39, 0.29) is 10.8 Å². The number of fused-ring (bicyclic) bond motifs is 4. The number of carboxylic acid groups (broad SMARTS) is 1. The Morgan fingerprint density at radius 1 is 1.12 bits per heavy atom. The number of para-hydroxylation sites is 1. The maximum absolute atomic E-state index is 12.7. The van der Waals surface area contributed by atoms with E-state index in [2.05, 4.69) is 4.72 Å². The smallest absolute Gasteiger partial charge is 0.475 e. The summed E-state index contributed by atoms with van der Waals surface area (Å²) in [5.41, 5.74) is 6.30. The van der Waals surface area contributed by atoms with Gasteiger partial charge in [0.2, 0.25) is 0 Å². The van der Waals surface area contributed by atoms with Crippen molar-refractivity contribution in [3.8, 4) is 0 Å². The minimum absolute atomic E-state index is 0.00801. The van der Waals surface area contributed by atoms with Gasteiger partial charge in [-0.05, 0) is 49.3 Å². The molecule has 0 spiro atoms. The monoisotopic (exact) mass is 484 g/mol. The number of rotatable bonds is 3. The van der Waals surface area contributed by atoms with Crippen LogP contribution in [0.5, 0.6) is 0 Å². The fraction of sp³-hybridized carbons (Fsp3) is 0.333. The lowest BCUT2D eigenvalue weighted by Crippen LogP contribution is -2.55. The molecule has 2 aliphatic carbocycles. The highest BCUT2D eigenvalue weighted by atomic mass is 32.2. The van der Waals surface area contributed by atoms with Crippen molar-refractivity contribution in [3.05, 3.63) is 42.5 Å². The summed E-state index contributed by atoms with van der Waals surface area (Å²) < 4.78 is 65.0. The molecule has 0 radical (unpaired) electrons. The number of nitrogens with one attached hydrogen (secondary N) is 1. The van der Waals surface area contributed by atoms with Gasteiger partial charge in [0.25, 0.3) is 15.9 Å². The molecular weight excluding hydrogens is 465 g/mol. The second-order valence-corrected chi connectivity index (χ2v) is 9.86. The molecule has 4 N–H and O–H groups in total. The summed E-state index contributed by atoms with van der Waals surface area (Å²) in [7, 11) is -4.01. The van der Waals surface area contributed by atoms with E-state index in [4.69, 9.17) is 20.1 Å². The minimum atomic E-state index is -5.08. The van der Waals surface area contributed by atoms with Crippen LogP contribution >= 0.6 is 0 Å². The number of carbonyl (C=O) groups excluding carboxylic acids is 1. The third kappa shape index (κ3) is 4.27. The van der Waals surface area contributed by atoms with Crippen molar-refractivity contribution in [1.29, 1.82) is 0 Å². The van der Waals surface area contributed by atoms with Crippen LogP contribution in [0.2, 0.25) is 0 Å². The standard InChI is InChI=1S/C19H18N2O4S.C2HF3O2/c20-19(8-7-11-9-15(11)19)18(22)21-26(23,24)12-5-6-14-13-3-1-2-4-16(13)25-17(14)10-12;3-2(4,5)1(6)7/h1-6,10-11,15H,7-9,20H2,(H,21,22);(H,6,7). The van der Waals surface area contributed by atoms with Crippen LogP contribution in [0.1, 0.15) is 19.3 Å². The highest BCUT2D eigenvalue weighted by molar-refractivity contribution is 7.90. The fourth-order valence-corrected chi connectivity index (χ4v) is 5.30. The normalized spacial score (nSPS) is 24.1. The van der Waals surface area contributed by atoms with Crippen molar-refractivity contribution in [1.82, 2.24) is 4.72 Å². The van der Waals surface area contributed by atoms with Gasteiger partial charge < -0.3 is 15.3 Å². The molecular formula is C21H19F3N2O6S. The van der Waals surface area contributed by atoms with E-state index in [1.165, 1.54) is 12.1 Å². The zero-order valence-corrected chi connectivity index (χ0v) is 17.7. The van der Waals surface area contributed by atoms with Crippen LogP contribution in [0.15, 0.2) is 51.8 Å². The molecule has 5 rings (SSSR count). The van der Waals surface area contributed by atoms with Crippen LogP contribution in [0.3, 0.4) is 0 Å². The molecule has 33 heavy (non-hydrogen) atoms. The number of alkyl halides is 3. The Bertz CT molecular complexity index is 1370. The first kappa shape index (κ1) is 23.1. The lowest BCUT2D eigenvalue weighted by Gasteiger charge is -2.24. The summed E-state index contributed by atoms with van der Waals surface area (Å²) >= 11 is 0. The summed E-state index contributed by atoms with van der Waals surface area (Å²) in [5, 5.41) is 8.87. The number of sulfonamides is 1. The maximum atomic E-state index is 12.7. The fourth-order valence-electron chi connectivity index (χ4n) is 4.24. The zero-order chi connectivity index (χ0) is 24.2. The van der Waals surface area contributed by atoms with Gasteiger partial charge >= 0.3 is 12.1 Å². The number of carbonyl (C=O) groups is 2. The quantitative estimate of drug-likeness (QED) is 0.519. The van der Waals surface area contributed by atoms with Crippen LogP contribution in [-0.2, 0) is 19.6 Å². The van der Waals surface area contributed by atoms with Crippen LogP contribution in [0.4, 0.5) is 13.2 Å². The van der Waals surface area contributed by atoms with E-state index in [0.717, 1.165) is 23.6 Å². The Labute approximate surface area is 185 Å². The number of carboxylic acids is 1. The highest BCUT2D eigenvalue weighted by Crippen LogP contribution is 2.56. The topological polar surface area (TPSA) is 140 Å². The van der Waals surface area contributed by atoms with Gasteiger partial charge in [0.05, 0.1) is 10.4 Å².